The molecule has 1 N–H and O–H groups in total. The number of carbonyl (C=O) groups is 2. The van der Waals surface area contributed by atoms with Crippen molar-refractivity contribution in [3.63, 3.8) is 0 Å². The van der Waals surface area contributed by atoms with Crippen molar-refractivity contribution in [3.8, 4) is 5.75 Å². The van der Waals surface area contributed by atoms with Gasteiger partial charge in [0.05, 0.1) is 17.0 Å². The number of carbonyl (C=O) groups excluding carboxylic acids is 2. The molecule has 4 rings (SSSR count). The van der Waals surface area contributed by atoms with Gasteiger partial charge in [-0.2, -0.15) is 10.1 Å². The third-order valence-electron chi connectivity index (χ3n) is 4.98. The van der Waals surface area contributed by atoms with Gasteiger partial charge in [-0.3, -0.25) is 9.59 Å². The van der Waals surface area contributed by atoms with Crippen molar-refractivity contribution in [3.05, 3.63) is 95.6 Å². The van der Waals surface area contributed by atoms with Gasteiger partial charge in [-0.25, -0.2) is 0 Å². The second kappa shape index (κ2) is 9.31. The Morgan fingerprint density at radius 1 is 0.969 bits per heavy atom. The zero-order chi connectivity index (χ0) is 22.5. The Labute approximate surface area is 186 Å². The molecule has 0 aliphatic carbocycles. The Hall–Kier alpha value is -4.19. The Bertz CT molecular complexity index is 1200. The molecule has 6 heteroatoms. The fourth-order valence-electron chi connectivity index (χ4n) is 3.29. The van der Waals surface area contributed by atoms with E-state index in [2.05, 4.69) is 10.4 Å². The first-order valence-electron chi connectivity index (χ1n) is 10.3. The molecule has 0 radical (unpaired) electrons. The first-order valence-corrected chi connectivity index (χ1v) is 10.3. The SMILES string of the molecule is CC1=NN(c2ccccc2)C(=O)C1=Cc1ccccc1OCC(=O)Nc1ccc(C)cc1. The molecule has 0 atom stereocenters. The van der Waals surface area contributed by atoms with Crippen LogP contribution in [-0.4, -0.2) is 24.1 Å². The summed E-state index contributed by atoms with van der Waals surface area (Å²) in [7, 11) is 0. The van der Waals surface area contributed by atoms with Crippen molar-refractivity contribution in [2.75, 3.05) is 16.9 Å². The summed E-state index contributed by atoms with van der Waals surface area (Å²) in [4.78, 5) is 25.3. The Balaban J connectivity index is 1.48. The van der Waals surface area contributed by atoms with Crippen LogP contribution in [0.5, 0.6) is 5.75 Å². The van der Waals surface area contributed by atoms with E-state index in [1.165, 1.54) is 5.01 Å². The number of amides is 2. The molecule has 0 spiro atoms. The molecule has 0 saturated heterocycles. The molecule has 0 aromatic heterocycles. The lowest BCUT2D eigenvalue weighted by atomic mass is 10.1. The number of ether oxygens (including phenoxy) is 1. The highest BCUT2D eigenvalue weighted by atomic mass is 16.5. The van der Waals surface area contributed by atoms with Crippen LogP contribution in [0.15, 0.2) is 89.5 Å². The lowest BCUT2D eigenvalue weighted by Crippen LogP contribution is -2.21. The maximum absolute atomic E-state index is 13.0. The summed E-state index contributed by atoms with van der Waals surface area (Å²) in [5.74, 6) is 0.0414. The van der Waals surface area contributed by atoms with Crippen molar-refractivity contribution in [1.82, 2.24) is 0 Å². The molecule has 6 nitrogen and oxygen atoms in total. The van der Waals surface area contributed by atoms with Crippen molar-refractivity contribution >= 4 is 35.0 Å². The maximum atomic E-state index is 13.0. The van der Waals surface area contributed by atoms with Crippen LogP contribution in [0.2, 0.25) is 0 Å². The maximum Gasteiger partial charge on any atom is 0.280 e. The highest BCUT2D eigenvalue weighted by Gasteiger charge is 2.28. The largest absolute Gasteiger partial charge is 0.483 e. The van der Waals surface area contributed by atoms with Crippen LogP contribution in [-0.2, 0) is 9.59 Å². The third kappa shape index (κ3) is 4.75. The van der Waals surface area contributed by atoms with E-state index < -0.39 is 0 Å². The van der Waals surface area contributed by atoms with E-state index in [0.29, 0.717) is 34.0 Å². The Morgan fingerprint density at radius 2 is 1.66 bits per heavy atom. The van der Waals surface area contributed by atoms with Gasteiger partial charge in [0.25, 0.3) is 11.8 Å². The van der Waals surface area contributed by atoms with Gasteiger partial charge in [0.2, 0.25) is 0 Å². The van der Waals surface area contributed by atoms with E-state index in [-0.39, 0.29) is 18.4 Å². The number of hydrogen-bond acceptors (Lipinski definition) is 4. The van der Waals surface area contributed by atoms with Crippen LogP contribution in [0.3, 0.4) is 0 Å². The molecule has 3 aromatic rings. The lowest BCUT2D eigenvalue weighted by molar-refractivity contribution is -0.118. The fraction of sp³-hybridized carbons (Fsp3) is 0.115. The molecular weight excluding hydrogens is 402 g/mol. The van der Waals surface area contributed by atoms with Crippen LogP contribution < -0.4 is 15.1 Å². The highest BCUT2D eigenvalue weighted by molar-refractivity contribution is 6.32. The first kappa shape index (κ1) is 21.1. The molecule has 2 amide bonds. The van der Waals surface area contributed by atoms with Gasteiger partial charge in [-0.05, 0) is 50.3 Å². The molecule has 1 aliphatic heterocycles. The molecule has 0 fully saturated rings. The molecule has 0 unspecified atom stereocenters. The quantitative estimate of drug-likeness (QED) is 0.576. The van der Waals surface area contributed by atoms with Crippen molar-refractivity contribution in [2.24, 2.45) is 5.10 Å². The zero-order valence-corrected chi connectivity index (χ0v) is 17.9. The van der Waals surface area contributed by atoms with Crippen LogP contribution in [0.25, 0.3) is 6.08 Å². The normalized spacial score (nSPS) is 14.4. The predicted octanol–water partition coefficient (Wildman–Crippen LogP) is 4.82. The number of para-hydroxylation sites is 2. The predicted molar refractivity (Wildman–Crippen MR) is 127 cm³/mol. The van der Waals surface area contributed by atoms with Crippen LogP contribution >= 0.6 is 0 Å². The summed E-state index contributed by atoms with van der Waals surface area (Å²) in [5, 5.41) is 8.60. The van der Waals surface area contributed by atoms with Gasteiger partial charge < -0.3 is 10.1 Å². The molecule has 1 heterocycles. The number of hydrogen-bond donors (Lipinski definition) is 1. The minimum atomic E-state index is -0.263. The summed E-state index contributed by atoms with van der Waals surface area (Å²) in [6.45, 7) is 3.64. The molecule has 3 aromatic carbocycles. The molecule has 160 valence electrons. The lowest BCUT2D eigenvalue weighted by Gasteiger charge is -2.12. The monoisotopic (exact) mass is 425 g/mol. The molecule has 1 aliphatic rings. The number of benzene rings is 3. The summed E-state index contributed by atoms with van der Waals surface area (Å²) in [6.07, 6.45) is 1.75. The van der Waals surface area contributed by atoms with E-state index in [0.717, 1.165) is 5.56 Å². The summed E-state index contributed by atoms with van der Waals surface area (Å²) in [6, 6.07) is 24.1. The van der Waals surface area contributed by atoms with Crippen LogP contribution in [0.1, 0.15) is 18.1 Å². The van der Waals surface area contributed by atoms with Crippen LogP contribution in [0, 0.1) is 6.92 Å². The number of hydrazone groups is 1. The minimum absolute atomic E-state index is 0.148. The first-order chi connectivity index (χ1) is 15.5. The van der Waals surface area contributed by atoms with Gasteiger partial charge in [0.15, 0.2) is 6.61 Å². The van der Waals surface area contributed by atoms with Gasteiger partial charge in [0, 0.05) is 11.3 Å². The zero-order valence-electron chi connectivity index (χ0n) is 17.9. The number of aryl methyl sites for hydroxylation is 1. The van der Waals surface area contributed by atoms with E-state index >= 15 is 0 Å². The fourth-order valence-corrected chi connectivity index (χ4v) is 3.29. The van der Waals surface area contributed by atoms with Gasteiger partial charge >= 0.3 is 0 Å². The van der Waals surface area contributed by atoms with Gasteiger partial charge in [-0.1, -0.05) is 54.1 Å². The summed E-state index contributed by atoms with van der Waals surface area (Å²) < 4.78 is 5.77. The van der Waals surface area contributed by atoms with E-state index in [9.17, 15) is 9.59 Å². The second-order valence-corrected chi connectivity index (χ2v) is 7.44. The average Bonchev–Trinajstić information content (AvgIpc) is 3.09. The van der Waals surface area contributed by atoms with Crippen LogP contribution in [0.4, 0.5) is 11.4 Å². The molecule has 32 heavy (non-hydrogen) atoms. The van der Waals surface area contributed by atoms with Gasteiger partial charge in [-0.15, -0.1) is 0 Å². The minimum Gasteiger partial charge on any atom is -0.483 e. The third-order valence-corrected chi connectivity index (χ3v) is 4.98. The van der Waals surface area contributed by atoms with Crippen molar-refractivity contribution in [2.45, 2.75) is 13.8 Å². The standard InChI is InChI=1S/C26H23N3O3/c1-18-12-14-21(15-13-18)27-25(30)17-32-24-11-7-6-8-20(24)16-23-19(2)28-29(26(23)31)22-9-4-3-5-10-22/h3-16H,17H2,1-2H3,(H,27,30). The molecule has 0 bridgehead atoms. The van der Waals surface area contributed by atoms with E-state index in [4.69, 9.17) is 4.74 Å². The summed E-state index contributed by atoms with van der Waals surface area (Å²) in [5.41, 5.74) is 4.33. The number of nitrogens with zero attached hydrogens (tertiary/aromatic N) is 2. The van der Waals surface area contributed by atoms with Gasteiger partial charge in [0.1, 0.15) is 5.75 Å². The topological polar surface area (TPSA) is 71.0 Å². The van der Waals surface area contributed by atoms with E-state index in [1.807, 2.05) is 79.7 Å². The van der Waals surface area contributed by atoms with E-state index in [1.54, 1.807) is 19.1 Å². The summed E-state index contributed by atoms with van der Waals surface area (Å²) >= 11 is 0. The Kier molecular flexibility index (Phi) is 6.12. The molecule has 0 saturated carbocycles. The molecular formula is C26H23N3O3. The number of nitrogens with one attached hydrogen (secondary N) is 1. The number of rotatable bonds is 6. The number of anilines is 2. The second-order valence-electron chi connectivity index (χ2n) is 7.44. The van der Waals surface area contributed by atoms with Crippen molar-refractivity contribution < 1.29 is 14.3 Å². The average molecular weight is 425 g/mol. The highest BCUT2D eigenvalue weighted by Crippen LogP contribution is 2.27. The smallest absolute Gasteiger partial charge is 0.280 e. The van der Waals surface area contributed by atoms with Crippen molar-refractivity contribution in [1.29, 1.82) is 0 Å². The Morgan fingerprint density at radius 3 is 2.41 bits per heavy atom.